The molecule has 5 heteroatoms. The Morgan fingerprint density at radius 3 is 1.71 bits per heavy atom. The Labute approximate surface area is 128 Å². The molecule has 0 radical (unpaired) electrons. The second kappa shape index (κ2) is 11.3. The zero-order valence-electron chi connectivity index (χ0n) is 13.8. The molecule has 0 aliphatic heterocycles. The molecule has 2 atom stereocenters. The van der Waals surface area contributed by atoms with E-state index in [0.29, 0.717) is 0 Å². The first-order valence-corrected chi connectivity index (χ1v) is 8.11. The van der Waals surface area contributed by atoms with Crippen LogP contribution in [-0.4, -0.2) is 29.7 Å². The molecule has 0 saturated heterocycles. The van der Waals surface area contributed by atoms with Crippen molar-refractivity contribution < 1.29 is 14.4 Å². The summed E-state index contributed by atoms with van der Waals surface area (Å²) in [5.74, 6) is -1.67. The Balaban J connectivity index is 4.27. The van der Waals surface area contributed by atoms with Gasteiger partial charge in [0.2, 0.25) is 11.7 Å². The van der Waals surface area contributed by atoms with E-state index in [9.17, 15) is 14.4 Å². The highest BCUT2D eigenvalue weighted by molar-refractivity contribution is 6.39. The summed E-state index contributed by atoms with van der Waals surface area (Å²) >= 11 is 0. The average Bonchev–Trinajstić information content (AvgIpc) is 2.45. The lowest BCUT2D eigenvalue weighted by atomic mass is 10.1. The largest absolute Gasteiger partial charge is 0.353 e. The monoisotopic (exact) mass is 298 g/mol. The smallest absolute Gasteiger partial charge is 0.288 e. The predicted molar refractivity (Wildman–Crippen MR) is 83.9 cm³/mol. The van der Waals surface area contributed by atoms with Gasteiger partial charge in [0, 0.05) is 12.1 Å². The van der Waals surface area contributed by atoms with Crippen molar-refractivity contribution in [3.05, 3.63) is 0 Å². The lowest BCUT2D eigenvalue weighted by Gasteiger charge is -2.17. The molecule has 2 N–H and O–H groups in total. The number of carbonyl (C=O) groups excluding carboxylic acids is 3. The molecule has 5 nitrogen and oxygen atoms in total. The van der Waals surface area contributed by atoms with Crippen LogP contribution in [0.15, 0.2) is 0 Å². The van der Waals surface area contributed by atoms with Crippen LogP contribution < -0.4 is 10.6 Å². The van der Waals surface area contributed by atoms with Gasteiger partial charge in [-0.25, -0.2) is 0 Å². The number of Topliss-reactive ketones (excluding diaryl/α,β-unsaturated/α-hetero) is 1. The highest BCUT2D eigenvalue weighted by Gasteiger charge is 2.21. The lowest BCUT2D eigenvalue weighted by Crippen LogP contribution is -2.42. The maximum atomic E-state index is 11.8. The van der Waals surface area contributed by atoms with Crippen LogP contribution in [0.3, 0.4) is 0 Å². The second-order valence-electron chi connectivity index (χ2n) is 5.43. The van der Waals surface area contributed by atoms with E-state index in [2.05, 4.69) is 10.6 Å². The molecule has 2 amide bonds. The highest BCUT2D eigenvalue weighted by Crippen LogP contribution is 2.03. The minimum absolute atomic E-state index is 0.0120. The van der Waals surface area contributed by atoms with Crippen molar-refractivity contribution in [3.8, 4) is 0 Å². The Kier molecular flexibility index (Phi) is 10.5. The topological polar surface area (TPSA) is 75.3 Å². The fourth-order valence-corrected chi connectivity index (χ4v) is 2.22. The number of carbonyl (C=O) groups is 3. The van der Waals surface area contributed by atoms with Crippen LogP contribution in [0, 0.1) is 0 Å². The van der Waals surface area contributed by atoms with Gasteiger partial charge in [0.15, 0.2) is 0 Å². The van der Waals surface area contributed by atoms with Gasteiger partial charge in [-0.15, -0.1) is 0 Å². The molecule has 0 aromatic rings. The van der Waals surface area contributed by atoms with Gasteiger partial charge >= 0.3 is 0 Å². The zero-order valence-corrected chi connectivity index (χ0v) is 13.8. The maximum Gasteiger partial charge on any atom is 0.288 e. The summed E-state index contributed by atoms with van der Waals surface area (Å²) in [6.07, 6.45) is 4.90. The first kappa shape index (κ1) is 19.6. The summed E-state index contributed by atoms with van der Waals surface area (Å²) in [6, 6.07) is 0.0971. The molecule has 122 valence electrons. The van der Waals surface area contributed by atoms with Crippen molar-refractivity contribution >= 4 is 17.6 Å². The van der Waals surface area contributed by atoms with Crippen molar-refractivity contribution in [1.29, 1.82) is 0 Å². The molecule has 0 aliphatic carbocycles. The molecule has 0 heterocycles. The van der Waals surface area contributed by atoms with Crippen LogP contribution in [0.4, 0.5) is 0 Å². The second-order valence-corrected chi connectivity index (χ2v) is 5.43. The lowest BCUT2D eigenvalue weighted by molar-refractivity contribution is -0.140. The van der Waals surface area contributed by atoms with Crippen LogP contribution in [0.5, 0.6) is 0 Å². The molecule has 21 heavy (non-hydrogen) atoms. The summed E-state index contributed by atoms with van der Waals surface area (Å²) in [5.41, 5.74) is 0. The summed E-state index contributed by atoms with van der Waals surface area (Å²) in [4.78, 5) is 35.3. The SMILES string of the molecule is CCCC(CC)NC(=O)CC(=O)C(=O)NC(CC)CCC. The number of amides is 2. The van der Waals surface area contributed by atoms with E-state index < -0.39 is 11.7 Å². The minimum Gasteiger partial charge on any atom is -0.353 e. The molecule has 0 aromatic carbocycles. The van der Waals surface area contributed by atoms with Gasteiger partial charge in [0.25, 0.3) is 5.91 Å². The van der Waals surface area contributed by atoms with Gasteiger partial charge in [0.05, 0.1) is 6.42 Å². The predicted octanol–water partition coefficient (Wildman–Crippen LogP) is 2.34. The van der Waals surface area contributed by atoms with Gasteiger partial charge in [-0.3, -0.25) is 14.4 Å². The molecule has 0 fully saturated rings. The third kappa shape index (κ3) is 8.48. The molecular weight excluding hydrogens is 268 g/mol. The van der Waals surface area contributed by atoms with E-state index in [1.807, 2.05) is 27.7 Å². The van der Waals surface area contributed by atoms with Crippen LogP contribution >= 0.6 is 0 Å². The summed E-state index contributed by atoms with van der Waals surface area (Å²) in [5, 5.41) is 5.50. The molecule has 0 saturated carbocycles. The van der Waals surface area contributed by atoms with Crippen molar-refractivity contribution in [2.45, 2.75) is 84.7 Å². The van der Waals surface area contributed by atoms with E-state index in [1.54, 1.807) is 0 Å². The Morgan fingerprint density at radius 2 is 1.29 bits per heavy atom. The maximum absolute atomic E-state index is 11.8. The van der Waals surface area contributed by atoms with Crippen molar-refractivity contribution in [2.24, 2.45) is 0 Å². The Morgan fingerprint density at radius 1 is 0.810 bits per heavy atom. The fourth-order valence-electron chi connectivity index (χ4n) is 2.22. The molecule has 0 bridgehead atoms. The highest BCUT2D eigenvalue weighted by atomic mass is 16.2. The van der Waals surface area contributed by atoms with Gasteiger partial charge < -0.3 is 10.6 Å². The molecule has 0 rings (SSSR count). The van der Waals surface area contributed by atoms with Gasteiger partial charge in [-0.1, -0.05) is 40.5 Å². The minimum atomic E-state index is -0.659. The van der Waals surface area contributed by atoms with Crippen LogP contribution in [0.1, 0.15) is 72.6 Å². The fraction of sp³-hybridized carbons (Fsp3) is 0.812. The van der Waals surface area contributed by atoms with E-state index in [4.69, 9.17) is 0 Å². The molecular formula is C16H30N2O3. The third-order valence-corrected chi connectivity index (χ3v) is 3.53. The number of hydrogen-bond acceptors (Lipinski definition) is 3. The number of nitrogens with one attached hydrogen (secondary N) is 2. The van der Waals surface area contributed by atoms with E-state index in [0.717, 1.165) is 38.5 Å². The first-order valence-electron chi connectivity index (χ1n) is 8.11. The number of hydrogen-bond donors (Lipinski definition) is 2. The van der Waals surface area contributed by atoms with Crippen molar-refractivity contribution in [3.63, 3.8) is 0 Å². The van der Waals surface area contributed by atoms with E-state index in [1.165, 1.54) is 0 Å². The first-order chi connectivity index (χ1) is 9.98. The number of rotatable bonds is 11. The summed E-state index contributed by atoms with van der Waals surface area (Å²) in [6.45, 7) is 8.04. The molecule has 0 spiro atoms. The standard InChI is InChI=1S/C16H30N2O3/c1-5-9-12(7-3)17-15(20)11-14(19)16(21)18-13(8-4)10-6-2/h12-13H,5-11H2,1-4H3,(H,17,20)(H,18,21). The van der Waals surface area contributed by atoms with Crippen LogP contribution in [-0.2, 0) is 14.4 Å². The van der Waals surface area contributed by atoms with Gasteiger partial charge in [-0.05, 0) is 25.7 Å². The van der Waals surface area contributed by atoms with E-state index in [-0.39, 0.29) is 24.4 Å². The Hall–Kier alpha value is -1.39. The van der Waals surface area contributed by atoms with Crippen LogP contribution in [0.25, 0.3) is 0 Å². The molecule has 0 aromatic heterocycles. The van der Waals surface area contributed by atoms with Crippen molar-refractivity contribution in [1.82, 2.24) is 10.6 Å². The van der Waals surface area contributed by atoms with Crippen LogP contribution in [0.2, 0.25) is 0 Å². The van der Waals surface area contributed by atoms with Gasteiger partial charge in [-0.2, -0.15) is 0 Å². The van der Waals surface area contributed by atoms with E-state index >= 15 is 0 Å². The summed E-state index contributed by atoms with van der Waals surface area (Å²) in [7, 11) is 0. The summed E-state index contributed by atoms with van der Waals surface area (Å²) < 4.78 is 0. The number of ketones is 1. The van der Waals surface area contributed by atoms with Crippen molar-refractivity contribution in [2.75, 3.05) is 0 Å². The Bertz CT molecular complexity index is 342. The van der Waals surface area contributed by atoms with Gasteiger partial charge in [0.1, 0.15) is 0 Å². The molecule has 0 aliphatic rings. The molecule has 2 unspecified atom stereocenters. The quantitative estimate of drug-likeness (QED) is 0.454. The average molecular weight is 298 g/mol. The third-order valence-electron chi connectivity index (χ3n) is 3.53. The normalized spacial score (nSPS) is 13.3. The zero-order chi connectivity index (χ0) is 16.3.